The number of anilines is 1. The Morgan fingerprint density at radius 3 is 2.47 bits per heavy atom. The molecule has 30 heavy (non-hydrogen) atoms. The summed E-state index contributed by atoms with van der Waals surface area (Å²) in [6.07, 6.45) is -1.16. The maximum absolute atomic E-state index is 13.3. The van der Waals surface area contributed by atoms with Gasteiger partial charge in [-0.15, -0.1) is 0 Å². The summed E-state index contributed by atoms with van der Waals surface area (Å²) >= 11 is 0. The highest BCUT2D eigenvalue weighted by Gasteiger charge is 2.34. The molecule has 0 amide bonds. The number of benzene rings is 2. The zero-order valence-corrected chi connectivity index (χ0v) is 15.6. The van der Waals surface area contributed by atoms with E-state index in [1.54, 1.807) is 30.3 Å². The van der Waals surface area contributed by atoms with Gasteiger partial charge in [0.15, 0.2) is 0 Å². The molecule has 0 aliphatic heterocycles. The van der Waals surface area contributed by atoms with Gasteiger partial charge in [-0.3, -0.25) is 4.98 Å². The normalized spacial score (nSPS) is 11.6. The highest BCUT2D eigenvalue weighted by Crippen LogP contribution is 2.36. The second kappa shape index (κ2) is 8.06. The average Bonchev–Trinajstić information content (AvgIpc) is 2.74. The van der Waals surface area contributed by atoms with Crippen molar-refractivity contribution in [1.29, 1.82) is 0 Å². The highest BCUT2D eigenvalue weighted by molar-refractivity contribution is 5.91. The first-order chi connectivity index (χ1) is 14.4. The van der Waals surface area contributed by atoms with Gasteiger partial charge < -0.3 is 5.32 Å². The van der Waals surface area contributed by atoms with Crippen molar-refractivity contribution in [3.63, 3.8) is 0 Å². The molecule has 0 unspecified atom stereocenters. The Morgan fingerprint density at radius 1 is 0.900 bits per heavy atom. The number of nitrogens with zero attached hydrogens (tertiary/aromatic N) is 3. The Morgan fingerprint density at radius 2 is 1.70 bits per heavy atom. The Hall–Kier alpha value is -3.55. The van der Waals surface area contributed by atoms with E-state index in [9.17, 15) is 17.6 Å². The molecule has 0 fully saturated rings. The minimum atomic E-state index is -4.50. The van der Waals surface area contributed by atoms with Gasteiger partial charge in [0, 0.05) is 23.7 Å². The summed E-state index contributed by atoms with van der Waals surface area (Å²) in [5.41, 5.74) is 0.865. The highest BCUT2D eigenvalue weighted by atomic mass is 19.4. The van der Waals surface area contributed by atoms with E-state index in [1.165, 1.54) is 30.7 Å². The first-order valence-electron chi connectivity index (χ1n) is 9.17. The lowest BCUT2D eigenvalue weighted by molar-refractivity contribution is -0.137. The predicted octanol–water partition coefficient (Wildman–Crippen LogP) is 5.50. The fraction of sp³-hybridized carbons (Fsp3) is 0.136. The van der Waals surface area contributed by atoms with Crippen molar-refractivity contribution in [2.45, 2.75) is 12.6 Å². The molecule has 0 spiro atoms. The smallest absolute Gasteiger partial charge is 0.369 e. The monoisotopic (exact) mass is 412 g/mol. The van der Waals surface area contributed by atoms with Gasteiger partial charge >= 0.3 is 6.18 Å². The van der Waals surface area contributed by atoms with Crippen molar-refractivity contribution in [3.05, 3.63) is 84.1 Å². The van der Waals surface area contributed by atoms with E-state index in [4.69, 9.17) is 0 Å². The molecule has 8 heteroatoms. The van der Waals surface area contributed by atoms with Crippen LogP contribution in [-0.4, -0.2) is 21.5 Å². The number of fused-ring (bicyclic) bond motifs is 1. The van der Waals surface area contributed by atoms with Gasteiger partial charge in [-0.2, -0.15) is 13.2 Å². The lowest BCUT2D eigenvalue weighted by Gasteiger charge is -2.13. The van der Waals surface area contributed by atoms with E-state index in [0.717, 1.165) is 11.6 Å². The summed E-state index contributed by atoms with van der Waals surface area (Å²) in [4.78, 5) is 12.4. The van der Waals surface area contributed by atoms with Gasteiger partial charge in [-0.05, 0) is 48.4 Å². The number of hydrogen-bond donors (Lipinski definition) is 1. The third-order valence-electron chi connectivity index (χ3n) is 4.64. The molecular formula is C22H16F4N4. The predicted molar refractivity (Wildman–Crippen MR) is 106 cm³/mol. The molecule has 1 N–H and O–H groups in total. The van der Waals surface area contributed by atoms with Crippen LogP contribution in [0.2, 0.25) is 0 Å². The first kappa shape index (κ1) is 19.8. The third kappa shape index (κ3) is 4.22. The summed E-state index contributed by atoms with van der Waals surface area (Å²) in [5, 5.41) is 3.89. The number of nitrogens with one attached hydrogen (secondary N) is 1. The Balaban J connectivity index is 1.59. The molecule has 0 aliphatic carbocycles. The maximum Gasteiger partial charge on any atom is 0.418 e. The molecule has 2 aromatic carbocycles. The minimum Gasteiger partial charge on any atom is -0.369 e. The topological polar surface area (TPSA) is 50.7 Å². The minimum absolute atomic E-state index is 0.142. The summed E-state index contributed by atoms with van der Waals surface area (Å²) < 4.78 is 52.9. The van der Waals surface area contributed by atoms with Crippen LogP contribution in [-0.2, 0) is 12.6 Å². The average molecular weight is 412 g/mol. The van der Waals surface area contributed by atoms with Crippen LogP contribution in [0.15, 0.2) is 67.1 Å². The Labute approximate surface area is 169 Å². The number of rotatable bonds is 5. The number of hydrogen-bond acceptors (Lipinski definition) is 4. The van der Waals surface area contributed by atoms with E-state index >= 15 is 0 Å². The van der Waals surface area contributed by atoms with Crippen LogP contribution < -0.4 is 5.32 Å². The number of aromatic nitrogens is 3. The van der Waals surface area contributed by atoms with Crippen LogP contribution in [0.4, 0.5) is 23.4 Å². The molecule has 0 radical (unpaired) electrons. The van der Waals surface area contributed by atoms with E-state index < -0.39 is 11.7 Å². The van der Waals surface area contributed by atoms with E-state index in [-0.39, 0.29) is 11.5 Å². The molecule has 0 aliphatic rings. The molecular weight excluding hydrogens is 396 g/mol. The number of pyridine rings is 1. The molecule has 152 valence electrons. The van der Waals surface area contributed by atoms with Gasteiger partial charge in [0.05, 0.1) is 16.8 Å². The van der Waals surface area contributed by atoms with Crippen LogP contribution >= 0.6 is 0 Å². The van der Waals surface area contributed by atoms with Gasteiger partial charge in [-0.1, -0.05) is 18.2 Å². The molecule has 2 aromatic heterocycles. The van der Waals surface area contributed by atoms with Crippen LogP contribution in [0.5, 0.6) is 0 Å². The van der Waals surface area contributed by atoms with Gasteiger partial charge in [0.2, 0.25) is 0 Å². The molecule has 2 heterocycles. The quantitative estimate of drug-likeness (QED) is 0.440. The lowest BCUT2D eigenvalue weighted by atomic mass is 10.0. The molecule has 4 nitrogen and oxygen atoms in total. The first-order valence-corrected chi connectivity index (χ1v) is 9.17. The van der Waals surface area contributed by atoms with Crippen LogP contribution in [0.3, 0.4) is 0 Å². The molecule has 0 bridgehead atoms. The second-order valence-corrected chi connectivity index (χ2v) is 6.65. The zero-order chi connectivity index (χ0) is 21.1. The Kier molecular flexibility index (Phi) is 5.31. The third-order valence-corrected chi connectivity index (χ3v) is 4.64. The molecule has 0 saturated heterocycles. The van der Waals surface area contributed by atoms with Gasteiger partial charge in [-0.25, -0.2) is 14.4 Å². The van der Waals surface area contributed by atoms with Crippen LogP contribution in [0, 0.1) is 5.82 Å². The van der Waals surface area contributed by atoms with Crippen molar-refractivity contribution < 1.29 is 17.6 Å². The lowest BCUT2D eigenvalue weighted by Crippen LogP contribution is -2.08. The molecule has 4 aromatic rings. The standard InChI is InChI=1S/C22H16F4N4/c23-16-6-3-14(4-7-16)9-11-28-21-17-8-5-15(12-19(17)29-13-30-21)20-18(22(24,25)26)2-1-10-27-20/h1-8,10,12-13H,9,11H2,(H,28,29,30). The maximum atomic E-state index is 13.3. The van der Waals surface area contributed by atoms with Crippen LogP contribution in [0.25, 0.3) is 22.2 Å². The van der Waals surface area contributed by atoms with Crippen molar-refractivity contribution in [2.24, 2.45) is 0 Å². The SMILES string of the molecule is Fc1ccc(CCNc2ncnc3cc(-c4ncccc4C(F)(F)F)ccc23)cc1. The fourth-order valence-electron chi connectivity index (χ4n) is 3.19. The van der Waals surface area contributed by atoms with Gasteiger partial charge in [0.1, 0.15) is 18.0 Å². The summed E-state index contributed by atoms with van der Waals surface area (Å²) in [7, 11) is 0. The summed E-state index contributed by atoms with van der Waals surface area (Å²) in [6.45, 7) is 0.554. The second-order valence-electron chi connectivity index (χ2n) is 6.65. The number of alkyl halides is 3. The molecule has 4 rings (SSSR count). The molecule has 0 saturated carbocycles. The summed E-state index contributed by atoms with van der Waals surface area (Å²) in [6, 6.07) is 13.3. The van der Waals surface area contributed by atoms with Crippen molar-refractivity contribution in [2.75, 3.05) is 11.9 Å². The van der Waals surface area contributed by atoms with E-state index in [2.05, 4.69) is 20.3 Å². The van der Waals surface area contributed by atoms with Crippen molar-refractivity contribution in [1.82, 2.24) is 15.0 Å². The van der Waals surface area contributed by atoms with E-state index in [0.29, 0.717) is 35.2 Å². The van der Waals surface area contributed by atoms with Crippen molar-refractivity contribution in [3.8, 4) is 11.3 Å². The number of halogens is 4. The van der Waals surface area contributed by atoms with E-state index in [1.807, 2.05) is 0 Å². The van der Waals surface area contributed by atoms with Crippen LogP contribution in [0.1, 0.15) is 11.1 Å². The fourth-order valence-corrected chi connectivity index (χ4v) is 3.19. The molecule has 0 atom stereocenters. The largest absolute Gasteiger partial charge is 0.418 e. The van der Waals surface area contributed by atoms with Crippen molar-refractivity contribution >= 4 is 16.7 Å². The zero-order valence-electron chi connectivity index (χ0n) is 15.6. The summed E-state index contributed by atoms with van der Waals surface area (Å²) in [5.74, 6) is 0.289. The Bertz CT molecular complexity index is 1170. The van der Waals surface area contributed by atoms with Gasteiger partial charge in [0.25, 0.3) is 0 Å².